The number of esters is 1. The first-order valence-electron chi connectivity index (χ1n) is 8.52. The molecule has 1 aliphatic heterocycles. The van der Waals surface area contributed by atoms with Gasteiger partial charge in [-0.3, -0.25) is 0 Å². The fourth-order valence-corrected chi connectivity index (χ4v) is 2.80. The van der Waals surface area contributed by atoms with Crippen molar-refractivity contribution in [2.75, 3.05) is 31.2 Å². The number of aliphatic hydroxyl groups is 1. The molecule has 1 heterocycles. The zero-order valence-electron chi connectivity index (χ0n) is 14.1. The number of hydrogen-bond donors (Lipinski definition) is 1. The quantitative estimate of drug-likeness (QED) is 0.816. The van der Waals surface area contributed by atoms with E-state index in [9.17, 15) is 9.90 Å². The van der Waals surface area contributed by atoms with Crippen LogP contribution < -0.4 is 4.90 Å². The molecule has 0 aromatic heterocycles. The highest BCUT2D eigenvalue weighted by molar-refractivity contribution is 5.74. The molecule has 1 aliphatic rings. The van der Waals surface area contributed by atoms with Crippen LogP contribution >= 0.6 is 0 Å². The number of benzene rings is 2. The van der Waals surface area contributed by atoms with Gasteiger partial charge >= 0.3 is 5.97 Å². The molecule has 2 aromatic carbocycles. The Hall–Kier alpha value is -2.37. The van der Waals surface area contributed by atoms with Gasteiger partial charge in [-0.1, -0.05) is 42.5 Å². The molecule has 5 nitrogen and oxygen atoms in total. The molecule has 132 valence electrons. The average molecular weight is 341 g/mol. The molecule has 5 heteroatoms. The summed E-state index contributed by atoms with van der Waals surface area (Å²) in [6.07, 6.45) is -0.908. The van der Waals surface area contributed by atoms with Crippen LogP contribution in [0, 0.1) is 0 Å². The molecular weight excluding hydrogens is 318 g/mol. The number of anilines is 1. The number of ether oxygens (including phenoxy) is 2. The van der Waals surface area contributed by atoms with Gasteiger partial charge in [0, 0.05) is 25.2 Å². The Labute approximate surface area is 147 Å². The van der Waals surface area contributed by atoms with Crippen LogP contribution in [0.4, 0.5) is 5.69 Å². The minimum Gasteiger partial charge on any atom is -0.459 e. The molecule has 0 spiro atoms. The lowest BCUT2D eigenvalue weighted by atomic mass is 10.1. The monoisotopic (exact) mass is 341 g/mol. The van der Waals surface area contributed by atoms with Gasteiger partial charge in [-0.05, 0) is 23.3 Å². The highest BCUT2D eigenvalue weighted by Gasteiger charge is 2.18. The molecule has 1 fully saturated rings. The molecule has 1 N–H and O–H groups in total. The molecule has 0 saturated carbocycles. The van der Waals surface area contributed by atoms with Crippen LogP contribution in [0.2, 0.25) is 0 Å². The molecule has 0 unspecified atom stereocenters. The fraction of sp³-hybridized carbons (Fsp3) is 0.350. The van der Waals surface area contributed by atoms with E-state index >= 15 is 0 Å². The van der Waals surface area contributed by atoms with Gasteiger partial charge in [-0.15, -0.1) is 0 Å². The van der Waals surface area contributed by atoms with Crippen LogP contribution in [0.25, 0.3) is 0 Å². The molecule has 0 radical (unpaired) electrons. The Morgan fingerprint density at radius 2 is 1.72 bits per heavy atom. The maximum Gasteiger partial charge on any atom is 0.335 e. The first-order chi connectivity index (χ1) is 12.2. The third-order valence-corrected chi connectivity index (χ3v) is 4.24. The van der Waals surface area contributed by atoms with Crippen molar-refractivity contribution in [2.45, 2.75) is 19.1 Å². The van der Waals surface area contributed by atoms with Crippen LogP contribution in [0.1, 0.15) is 11.1 Å². The Morgan fingerprint density at radius 1 is 1.04 bits per heavy atom. The van der Waals surface area contributed by atoms with Crippen LogP contribution in [-0.4, -0.2) is 43.5 Å². The Morgan fingerprint density at radius 3 is 2.40 bits per heavy atom. The normalized spacial score (nSPS) is 15.6. The van der Waals surface area contributed by atoms with Crippen molar-refractivity contribution >= 4 is 11.7 Å². The minimum atomic E-state index is -1.15. The van der Waals surface area contributed by atoms with E-state index < -0.39 is 12.1 Å². The number of hydrogen-bond acceptors (Lipinski definition) is 5. The summed E-state index contributed by atoms with van der Waals surface area (Å²) in [5, 5.41) is 10.1. The first kappa shape index (κ1) is 17.5. The SMILES string of the molecule is O=C(OCc1ccccc1)[C@H](O)Cc1ccc(N2CCOCC2)cc1. The topological polar surface area (TPSA) is 59.0 Å². The summed E-state index contributed by atoms with van der Waals surface area (Å²) in [6.45, 7) is 3.43. The number of rotatable bonds is 6. The van der Waals surface area contributed by atoms with E-state index in [0.29, 0.717) is 0 Å². The lowest BCUT2D eigenvalue weighted by Gasteiger charge is -2.29. The van der Waals surface area contributed by atoms with E-state index in [1.807, 2.05) is 54.6 Å². The van der Waals surface area contributed by atoms with E-state index in [1.54, 1.807) is 0 Å². The Kier molecular flexibility index (Phi) is 6.04. The van der Waals surface area contributed by atoms with Crippen molar-refractivity contribution < 1.29 is 19.4 Å². The summed E-state index contributed by atoms with van der Waals surface area (Å²) in [5.41, 5.74) is 2.94. The summed E-state index contributed by atoms with van der Waals surface area (Å²) in [5.74, 6) is -0.596. The minimum absolute atomic E-state index is 0.173. The number of nitrogens with zero attached hydrogens (tertiary/aromatic N) is 1. The number of morpholine rings is 1. The summed E-state index contributed by atoms with van der Waals surface area (Å²) >= 11 is 0. The van der Waals surface area contributed by atoms with E-state index in [0.717, 1.165) is 43.1 Å². The second-order valence-electron chi connectivity index (χ2n) is 6.08. The molecule has 2 aromatic rings. The second kappa shape index (κ2) is 8.65. The zero-order valence-corrected chi connectivity index (χ0v) is 14.1. The predicted molar refractivity (Wildman–Crippen MR) is 95.4 cm³/mol. The fourth-order valence-electron chi connectivity index (χ4n) is 2.80. The summed E-state index contributed by atoms with van der Waals surface area (Å²) in [7, 11) is 0. The summed E-state index contributed by atoms with van der Waals surface area (Å²) in [6, 6.07) is 17.3. The molecule has 3 rings (SSSR count). The van der Waals surface area contributed by atoms with Crippen molar-refractivity contribution in [1.82, 2.24) is 0 Å². The summed E-state index contributed by atoms with van der Waals surface area (Å²) in [4.78, 5) is 14.2. The van der Waals surface area contributed by atoms with Crippen molar-refractivity contribution in [3.8, 4) is 0 Å². The number of aliphatic hydroxyl groups excluding tert-OH is 1. The van der Waals surface area contributed by atoms with Gasteiger partial charge in [0.05, 0.1) is 13.2 Å². The van der Waals surface area contributed by atoms with Gasteiger partial charge in [0.25, 0.3) is 0 Å². The van der Waals surface area contributed by atoms with Gasteiger partial charge in [0.15, 0.2) is 6.10 Å². The maximum atomic E-state index is 11.9. The molecule has 0 aliphatic carbocycles. The van der Waals surface area contributed by atoms with Gasteiger partial charge < -0.3 is 19.5 Å². The summed E-state index contributed by atoms with van der Waals surface area (Å²) < 4.78 is 10.5. The molecular formula is C20H23NO4. The highest BCUT2D eigenvalue weighted by Crippen LogP contribution is 2.17. The smallest absolute Gasteiger partial charge is 0.335 e. The van der Waals surface area contributed by atoms with E-state index in [4.69, 9.17) is 9.47 Å². The third kappa shape index (κ3) is 5.05. The molecule has 0 amide bonds. The lowest BCUT2D eigenvalue weighted by Crippen LogP contribution is -2.36. The highest BCUT2D eigenvalue weighted by atomic mass is 16.5. The molecule has 0 bridgehead atoms. The third-order valence-electron chi connectivity index (χ3n) is 4.24. The van der Waals surface area contributed by atoms with Crippen molar-refractivity contribution in [1.29, 1.82) is 0 Å². The Balaban J connectivity index is 1.49. The molecule has 1 saturated heterocycles. The van der Waals surface area contributed by atoms with Crippen molar-refractivity contribution in [2.24, 2.45) is 0 Å². The van der Waals surface area contributed by atoms with E-state index in [1.165, 1.54) is 0 Å². The van der Waals surface area contributed by atoms with Gasteiger partial charge in [0.1, 0.15) is 6.61 Å². The Bertz CT molecular complexity index is 666. The van der Waals surface area contributed by atoms with E-state index in [2.05, 4.69) is 4.90 Å². The van der Waals surface area contributed by atoms with Gasteiger partial charge in [0.2, 0.25) is 0 Å². The van der Waals surface area contributed by atoms with Gasteiger partial charge in [-0.2, -0.15) is 0 Å². The van der Waals surface area contributed by atoms with E-state index in [-0.39, 0.29) is 13.0 Å². The van der Waals surface area contributed by atoms with Crippen LogP contribution in [0.15, 0.2) is 54.6 Å². The van der Waals surface area contributed by atoms with Crippen molar-refractivity contribution in [3.05, 3.63) is 65.7 Å². The first-order valence-corrected chi connectivity index (χ1v) is 8.52. The second-order valence-corrected chi connectivity index (χ2v) is 6.08. The number of carbonyl (C=O) groups is 1. The molecule has 1 atom stereocenters. The van der Waals surface area contributed by atoms with Crippen LogP contribution in [-0.2, 0) is 27.3 Å². The molecule has 25 heavy (non-hydrogen) atoms. The lowest BCUT2D eigenvalue weighted by molar-refractivity contribution is -0.154. The predicted octanol–water partition coefficient (Wildman–Crippen LogP) is 2.17. The zero-order chi connectivity index (χ0) is 17.5. The largest absolute Gasteiger partial charge is 0.459 e. The maximum absolute atomic E-state index is 11.9. The average Bonchev–Trinajstić information content (AvgIpc) is 2.68. The standard InChI is InChI=1S/C20H23NO4/c22-19(20(23)25-15-17-4-2-1-3-5-17)14-16-6-8-18(9-7-16)21-10-12-24-13-11-21/h1-9,19,22H,10-15H2/t19-/m1/s1. The van der Waals surface area contributed by atoms with Crippen LogP contribution in [0.5, 0.6) is 0 Å². The number of carbonyl (C=O) groups excluding carboxylic acids is 1. The van der Waals surface area contributed by atoms with Gasteiger partial charge in [-0.25, -0.2) is 4.79 Å². The van der Waals surface area contributed by atoms with Crippen molar-refractivity contribution in [3.63, 3.8) is 0 Å². The van der Waals surface area contributed by atoms with Crippen LogP contribution in [0.3, 0.4) is 0 Å².